The molecular weight excluding hydrogens is 314 g/mol. The first-order valence-corrected chi connectivity index (χ1v) is 6.58. The van der Waals surface area contributed by atoms with Crippen LogP contribution in [0.25, 0.3) is 0 Å². The molecule has 0 amide bonds. The highest BCUT2D eigenvalue weighted by molar-refractivity contribution is 9.10. The van der Waals surface area contributed by atoms with Gasteiger partial charge in [0.05, 0.1) is 6.04 Å². The molecule has 100 valence electrons. The summed E-state index contributed by atoms with van der Waals surface area (Å²) < 4.78 is 11.7. The van der Waals surface area contributed by atoms with Crippen LogP contribution in [0.1, 0.15) is 24.4 Å². The number of ether oxygens (including phenoxy) is 2. The highest BCUT2D eigenvalue weighted by Gasteiger charge is 2.17. The molecule has 2 aromatic rings. The smallest absolute Gasteiger partial charge is 0.231 e. The number of nitrogens with zero attached hydrogens (tertiary/aromatic N) is 3. The maximum absolute atomic E-state index is 5.36. The maximum atomic E-state index is 5.36. The van der Waals surface area contributed by atoms with Gasteiger partial charge in [0.15, 0.2) is 17.3 Å². The van der Waals surface area contributed by atoms with Crippen molar-refractivity contribution in [1.29, 1.82) is 0 Å². The average Bonchev–Trinajstić information content (AvgIpc) is 3.06. The standard InChI is InChI=1S/C11H12BrN5O2/c1-6(11-14-16-17-15-11)13-4-7-2-9-10(3-8(7)12)19-5-18-9/h2-3,6,13H,4-5H2,1H3,(H,14,15,16,17). The van der Waals surface area contributed by atoms with Gasteiger partial charge in [-0.1, -0.05) is 21.1 Å². The van der Waals surface area contributed by atoms with Crippen LogP contribution >= 0.6 is 15.9 Å². The van der Waals surface area contributed by atoms with Crippen molar-refractivity contribution in [2.24, 2.45) is 0 Å². The molecule has 0 saturated heterocycles. The number of H-pyrrole nitrogens is 1. The molecule has 2 heterocycles. The third-order valence-corrected chi connectivity index (χ3v) is 3.63. The van der Waals surface area contributed by atoms with Crippen LogP contribution in [-0.2, 0) is 6.54 Å². The van der Waals surface area contributed by atoms with Gasteiger partial charge in [0.2, 0.25) is 6.79 Å². The first-order valence-electron chi connectivity index (χ1n) is 5.79. The second-order valence-corrected chi connectivity index (χ2v) is 5.02. The number of halogens is 1. The van der Waals surface area contributed by atoms with Crippen molar-refractivity contribution in [3.8, 4) is 11.5 Å². The molecule has 1 unspecified atom stereocenters. The van der Waals surface area contributed by atoms with E-state index in [4.69, 9.17) is 9.47 Å². The topological polar surface area (TPSA) is 85.0 Å². The predicted octanol–water partition coefficient (Wildman–Crippen LogP) is 1.54. The molecule has 1 aromatic heterocycles. The number of aromatic amines is 1. The lowest BCUT2D eigenvalue weighted by Crippen LogP contribution is -2.19. The van der Waals surface area contributed by atoms with Gasteiger partial charge in [0, 0.05) is 11.0 Å². The molecule has 1 aliphatic heterocycles. The second-order valence-electron chi connectivity index (χ2n) is 4.17. The summed E-state index contributed by atoms with van der Waals surface area (Å²) >= 11 is 3.52. The summed E-state index contributed by atoms with van der Waals surface area (Å²) in [6, 6.07) is 3.89. The zero-order valence-electron chi connectivity index (χ0n) is 10.2. The summed E-state index contributed by atoms with van der Waals surface area (Å²) in [6.07, 6.45) is 0. The number of fused-ring (bicyclic) bond motifs is 1. The van der Waals surface area contributed by atoms with E-state index < -0.39 is 0 Å². The zero-order chi connectivity index (χ0) is 13.2. The molecule has 0 spiro atoms. The Bertz CT molecular complexity index is 575. The second kappa shape index (κ2) is 5.14. The molecule has 1 aromatic carbocycles. The average molecular weight is 326 g/mol. The van der Waals surface area contributed by atoms with Crippen LogP contribution in [-0.4, -0.2) is 27.4 Å². The van der Waals surface area contributed by atoms with Gasteiger partial charge in [0.25, 0.3) is 0 Å². The summed E-state index contributed by atoms with van der Waals surface area (Å²) in [5, 5.41) is 17.2. The molecule has 3 rings (SSSR count). The van der Waals surface area contributed by atoms with Gasteiger partial charge in [-0.2, -0.15) is 5.21 Å². The van der Waals surface area contributed by atoms with Crippen molar-refractivity contribution in [1.82, 2.24) is 25.9 Å². The van der Waals surface area contributed by atoms with Gasteiger partial charge < -0.3 is 14.8 Å². The normalized spacial score (nSPS) is 14.6. The monoisotopic (exact) mass is 325 g/mol. The maximum Gasteiger partial charge on any atom is 0.231 e. The van der Waals surface area contributed by atoms with Crippen molar-refractivity contribution in [2.75, 3.05) is 6.79 Å². The number of nitrogens with one attached hydrogen (secondary N) is 2. The van der Waals surface area contributed by atoms with Crippen molar-refractivity contribution in [3.05, 3.63) is 28.0 Å². The molecule has 2 N–H and O–H groups in total. The van der Waals surface area contributed by atoms with Gasteiger partial charge in [-0.05, 0) is 24.6 Å². The van der Waals surface area contributed by atoms with Crippen LogP contribution < -0.4 is 14.8 Å². The summed E-state index contributed by atoms with van der Waals surface area (Å²) in [5.41, 5.74) is 1.08. The molecule has 8 heteroatoms. The largest absolute Gasteiger partial charge is 0.454 e. The first kappa shape index (κ1) is 12.4. The van der Waals surface area contributed by atoms with E-state index in [0.29, 0.717) is 12.4 Å². The molecule has 7 nitrogen and oxygen atoms in total. The van der Waals surface area contributed by atoms with Gasteiger partial charge in [-0.25, -0.2) is 0 Å². The van der Waals surface area contributed by atoms with E-state index in [0.717, 1.165) is 21.5 Å². The molecule has 0 radical (unpaired) electrons. The highest BCUT2D eigenvalue weighted by Crippen LogP contribution is 2.36. The predicted molar refractivity (Wildman–Crippen MR) is 69.7 cm³/mol. The first-order chi connectivity index (χ1) is 9.24. The van der Waals surface area contributed by atoms with Crippen LogP contribution in [0.5, 0.6) is 11.5 Å². The van der Waals surface area contributed by atoms with Crippen molar-refractivity contribution >= 4 is 15.9 Å². The Labute approximate surface area is 117 Å². The highest BCUT2D eigenvalue weighted by atomic mass is 79.9. The number of aromatic nitrogens is 4. The summed E-state index contributed by atoms with van der Waals surface area (Å²) in [4.78, 5) is 0. The molecule has 1 atom stereocenters. The summed E-state index contributed by atoms with van der Waals surface area (Å²) in [7, 11) is 0. The molecule has 1 aliphatic rings. The Morgan fingerprint density at radius 2 is 2.21 bits per heavy atom. The molecule has 0 fully saturated rings. The number of hydrogen-bond acceptors (Lipinski definition) is 6. The molecule has 0 saturated carbocycles. The number of benzene rings is 1. The fourth-order valence-electron chi connectivity index (χ4n) is 1.80. The Hall–Kier alpha value is -1.67. The van der Waals surface area contributed by atoms with Crippen LogP contribution in [0.3, 0.4) is 0 Å². The van der Waals surface area contributed by atoms with Crippen LogP contribution in [0.4, 0.5) is 0 Å². The Morgan fingerprint density at radius 3 is 2.95 bits per heavy atom. The van der Waals surface area contributed by atoms with Crippen molar-refractivity contribution in [2.45, 2.75) is 19.5 Å². The third kappa shape index (κ3) is 2.54. The molecular formula is C11H12BrN5O2. The fourth-order valence-corrected chi connectivity index (χ4v) is 2.26. The van der Waals surface area contributed by atoms with E-state index in [-0.39, 0.29) is 12.8 Å². The number of hydrogen-bond donors (Lipinski definition) is 2. The van der Waals surface area contributed by atoms with Crippen LogP contribution in [0.2, 0.25) is 0 Å². The molecule has 19 heavy (non-hydrogen) atoms. The van der Waals surface area contributed by atoms with Crippen LogP contribution in [0.15, 0.2) is 16.6 Å². The summed E-state index contributed by atoms with van der Waals surface area (Å²) in [6.45, 7) is 2.91. The van der Waals surface area contributed by atoms with E-state index in [1.807, 2.05) is 19.1 Å². The molecule has 0 aliphatic carbocycles. The summed E-state index contributed by atoms with van der Waals surface area (Å²) in [5.74, 6) is 2.17. The van der Waals surface area contributed by atoms with E-state index >= 15 is 0 Å². The minimum Gasteiger partial charge on any atom is -0.454 e. The number of rotatable bonds is 4. The van der Waals surface area contributed by atoms with Gasteiger partial charge >= 0.3 is 0 Å². The van der Waals surface area contributed by atoms with E-state index in [1.165, 1.54) is 0 Å². The van der Waals surface area contributed by atoms with Crippen LogP contribution in [0, 0.1) is 0 Å². The lowest BCUT2D eigenvalue weighted by Gasteiger charge is -2.11. The van der Waals surface area contributed by atoms with E-state index in [9.17, 15) is 0 Å². The van der Waals surface area contributed by atoms with Gasteiger partial charge in [0.1, 0.15) is 0 Å². The number of tetrazole rings is 1. The minimum atomic E-state index is 0.0103. The van der Waals surface area contributed by atoms with Gasteiger partial charge in [-0.15, -0.1) is 10.2 Å². The van der Waals surface area contributed by atoms with Crippen molar-refractivity contribution < 1.29 is 9.47 Å². The zero-order valence-corrected chi connectivity index (χ0v) is 11.8. The van der Waals surface area contributed by atoms with Gasteiger partial charge in [-0.3, -0.25) is 0 Å². The quantitative estimate of drug-likeness (QED) is 0.887. The Morgan fingerprint density at radius 1 is 1.42 bits per heavy atom. The SMILES string of the molecule is CC(NCc1cc2c(cc1Br)OCO2)c1nn[nH]n1. The Balaban J connectivity index is 1.70. The third-order valence-electron chi connectivity index (χ3n) is 2.89. The molecule has 0 bridgehead atoms. The van der Waals surface area contributed by atoms with E-state index in [1.54, 1.807) is 0 Å². The lowest BCUT2D eigenvalue weighted by atomic mass is 10.2. The fraction of sp³-hybridized carbons (Fsp3) is 0.364. The minimum absolute atomic E-state index is 0.0103. The van der Waals surface area contributed by atoms with Crippen molar-refractivity contribution in [3.63, 3.8) is 0 Å². The Kier molecular flexibility index (Phi) is 3.34. The van der Waals surface area contributed by atoms with E-state index in [2.05, 4.69) is 41.9 Å². The lowest BCUT2D eigenvalue weighted by molar-refractivity contribution is 0.174.